The van der Waals surface area contributed by atoms with Gasteiger partial charge in [-0.15, -0.1) is 0 Å². The first-order valence-corrected chi connectivity index (χ1v) is 14.2. The van der Waals surface area contributed by atoms with Crippen LogP contribution in [0.15, 0.2) is 11.6 Å². The zero-order valence-electron chi connectivity index (χ0n) is 16.7. The molecule has 3 rings (SSSR count). The molecule has 5 heteroatoms. The van der Waals surface area contributed by atoms with E-state index in [0.29, 0.717) is 22.3 Å². The van der Waals surface area contributed by atoms with Gasteiger partial charge in [0.25, 0.3) is 0 Å². The van der Waals surface area contributed by atoms with E-state index >= 15 is 0 Å². The van der Waals surface area contributed by atoms with Crippen molar-refractivity contribution in [3.05, 3.63) is 11.6 Å². The molecule has 0 saturated heterocycles. The van der Waals surface area contributed by atoms with Crippen molar-refractivity contribution in [3.63, 3.8) is 0 Å². The van der Waals surface area contributed by atoms with E-state index in [9.17, 15) is 0 Å². The first-order valence-electron chi connectivity index (χ1n) is 10.8. The fourth-order valence-corrected chi connectivity index (χ4v) is 9.03. The van der Waals surface area contributed by atoms with Crippen LogP contribution in [0.4, 0.5) is 0 Å². The lowest BCUT2D eigenvalue weighted by molar-refractivity contribution is 0.0220. The molecule has 26 heavy (non-hydrogen) atoms. The molecule has 0 aromatic rings. The summed E-state index contributed by atoms with van der Waals surface area (Å²) in [5.41, 5.74) is 1.75. The molecule has 0 radical (unpaired) electrons. The summed E-state index contributed by atoms with van der Waals surface area (Å²) in [6.07, 6.45) is 11.8. The van der Waals surface area contributed by atoms with Gasteiger partial charge in [0.1, 0.15) is 6.10 Å². The van der Waals surface area contributed by atoms with Crippen molar-refractivity contribution in [1.82, 2.24) is 0 Å². The Bertz CT molecular complexity index is 524. The molecule has 5 atom stereocenters. The van der Waals surface area contributed by atoms with Crippen molar-refractivity contribution in [3.8, 4) is 0 Å². The summed E-state index contributed by atoms with van der Waals surface area (Å²) in [7, 11) is -1.57. The van der Waals surface area contributed by atoms with Crippen LogP contribution in [0, 0.1) is 17.8 Å². The SMILES string of the molecule is CC[Si](CC)(CC)O[C@H]1CC[C@H]2CC[C@H](OC(=S)S)C[C@@H]3CCC=C2[C@@H]31. The topological polar surface area (TPSA) is 18.5 Å². The molecule has 2 fully saturated rings. The second-order valence-electron chi connectivity index (χ2n) is 8.56. The maximum Gasteiger partial charge on any atom is 0.217 e. The van der Waals surface area contributed by atoms with Gasteiger partial charge in [-0.1, -0.05) is 45.0 Å². The minimum atomic E-state index is -1.57. The third kappa shape index (κ3) is 4.42. The average Bonchev–Trinajstić information content (AvgIpc) is 2.64. The predicted molar refractivity (Wildman–Crippen MR) is 119 cm³/mol. The van der Waals surface area contributed by atoms with E-state index in [1.165, 1.54) is 50.2 Å². The van der Waals surface area contributed by atoms with Crippen LogP contribution >= 0.6 is 24.8 Å². The summed E-state index contributed by atoms with van der Waals surface area (Å²) in [5.74, 6) is 2.05. The highest BCUT2D eigenvalue weighted by atomic mass is 32.1. The van der Waals surface area contributed by atoms with E-state index in [2.05, 4.69) is 39.5 Å². The zero-order chi connectivity index (χ0) is 18.7. The van der Waals surface area contributed by atoms with E-state index in [1.807, 2.05) is 0 Å². The average molecular weight is 413 g/mol. The molecule has 148 valence electrons. The van der Waals surface area contributed by atoms with Crippen molar-refractivity contribution in [1.29, 1.82) is 0 Å². The standard InChI is InChI=1S/C21H36O2S2Si/c1-4-26(5-2,6-3)23-19-13-11-15-10-12-17(22-21(24)25)14-16-8-7-9-18(15)20(16)19/h9,15-17,19-20H,4-8,10-14H2,1-3H3,(H,24,25)/t15-,16+,17+,19+,20-/m1/s1. The lowest BCUT2D eigenvalue weighted by atomic mass is 9.62. The number of ether oxygens (including phenoxy) is 1. The van der Waals surface area contributed by atoms with Crippen molar-refractivity contribution >= 4 is 37.5 Å². The highest BCUT2D eigenvalue weighted by molar-refractivity contribution is 8.10. The third-order valence-corrected chi connectivity index (χ3v) is 12.4. The first kappa shape index (κ1) is 20.9. The lowest BCUT2D eigenvalue weighted by Crippen LogP contribution is -2.49. The largest absolute Gasteiger partial charge is 0.475 e. The molecule has 0 spiro atoms. The molecule has 2 saturated carbocycles. The number of rotatable bonds is 6. The first-order chi connectivity index (χ1) is 12.5. The fourth-order valence-electron chi connectivity index (χ4n) is 5.84. The Morgan fingerprint density at radius 3 is 2.46 bits per heavy atom. The van der Waals surface area contributed by atoms with E-state index in [1.54, 1.807) is 5.57 Å². The number of allylic oxidation sites excluding steroid dienone is 1. The van der Waals surface area contributed by atoms with Gasteiger partial charge in [-0.25, -0.2) is 0 Å². The zero-order valence-corrected chi connectivity index (χ0v) is 19.4. The number of hydrogen-bond acceptors (Lipinski definition) is 3. The van der Waals surface area contributed by atoms with Crippen molar-refractivity contribution in [2.24, 2.45) is 17.8 Å². The van der Waals surface area contributed by atoms with Crippen LogP contribution < -0.4 is 0 Å². The Labute approximate surface area is 172 Å². The second kappa shape index (κ2) is 9.10. The molecule has 0 unspecified atom stereocenters. The van der Waals surface area contributed by atoms with Crippen LogP contribution in [0.1, 0.15) is 65.7 Å². The lowest BCUT2D eigenvalue weighted by Gasteiger charge is -2.50. The summed E-state index contributed by atoms with van der Waals surface area (Å²) in [5, 5.41) is 0. The van der Waals surface area contributed by atoms with Gasteiger partial charge >= 0.3 is 0 Å². The molecule has 0 heterocycles. The quantitative estimate of drug-likeness (QED) is 0.232. The molecule has 2 nitrogen and oxygen atoms in total. The van der Waals surface area contributed by atoms with E-state index in [0.717, 1.165) is 18.8 Å². The third-order valence-electron chi connectivity index (χ3n) is 7.49. The van der Waals surface area contributed by atoms with Gasteiger partial charge in [-0.05, 0) is 87.1 Å². The van der Waals surface area contributed by atoms with Crippen LogP contribution in [-0.4, -0.2) is 24.9 Å². The minimum Gasteiger partial charge on any atom is -0.475 e. The molecule has 0 N–H and O–H groups in total. The van der Waals surface area contributed by atoms with Gasteiger partial charge in [0.05, 0.1) is 6.10 Å². The molecular weight excluding hydrogens is 376 g/mol. The minimum absolute atomic E-state index is 0.249. The fraction of sp³-hybridized carbons (Fsp3) is 0.857. The van der Waals surface area contributed by atoms with E-state index in [4.69, 9.17) is 21.4 Å². The normalized spacial score (nSPS) is 34.5. The Morgan fingerprint density at radius 1 is 1.12 bits per heavy atom. The van der Waals surface area contributed by atoms with Crippen molar-refractivity contribution in [2.45, 2.75) is 96.1 Å². The van der Waals surface area contributed by atoms with Gasteiger partial charge in [-0.3, -0.25) is 0 Å². The summed E-state index contributed by atoms with van der Waals surface area (Å²) in [6, 6.07) is 3.74. The molecule has 0 aromatic carbocycles. The van der Waals surface area contributed by atoms with Gasteiger partial charge < -0.3 is 9.16 Å². The summed E-state index contributed by atoms with van der Waals surface area (Å²) >= 11 is 9.35. The molecular formula is C21H36O2S2Si. The van der Waals surface area contributed by atoms with E-state index < -0.39 is 8.32 Å². The summed E-state index contributed by atoms with van der Waals surface area (Å²) in [4.78, 5) is 0. The van der Waals surface area contributed by atoms with Gasteiger partial charge in [0.15, 0.2) is 8.32 Å². The smallest absolute Gasteiger partial charge is 0.217 e. The molecule has 0 aromatic heterocycles. The van der Waals surface area contributed by atoms with Crippen LogP contribution in [0.3, 0.4) is 0 Å². The highest BCUT2D eigenvalue weighted by Gasteiger charge is 2.46. The van der Waals surface area contributed by atoms with Gasteiger partial charge in [0.2, 0.25) is 4.38 Å². The maximum atomic E-state index is 7.08. The number of hydrogen-bond donors (Lipinski definition) is 1. The van der Waals surface area contributed by atoms with Crippen LogP contribution in [0.5, 0.6) is 0 Å². The Kier molecular flexibility index (Phi) is 7.31. The van der Waals surface area contributed by atoms with Gasteiger partial charge in [0, 0.05) is 5.92 Å². The molecule has 3 aliphatic carbocycles. The van der Waals surface area contributed by atoms with Crippen molar-refractivity contribution in [2.75, 3.05) is 0 Å². The molecule has 3 aliphatic rings. The monoisotopic (exact) mass is 412 g/mol. The summed E-state index contributed by atoms with van der Waals surface area (Å²) < 4.78 is 13.4. The highest BCUT2D eigenvalue weighted by Crippen LogP contribution is 2.50. The second-order valence-corrected chi connectivity index (χ2v) is 14.4. The Balaban J connectivity index is 1.84. The number of thiol groups is 1. The summed E-state index contributed by atoms with van der Waals surface area (Å²) in [6.45, 7) is 7.04. The maximum absolute atomic E-state index is 7.08. The molecule has 0 aliphatic heterocycles. The van der Waals surface area contributed by atoms with Crippen LogP contribution in [0.25, 0.3) is 0 Å². The Hall–Kier alpha value is 0.157. The molecule has 0 amide bonds. The Morgan fingerprint density at radius 2 is 1.81 bits per heavy atom. The van der Waals surface area contributed by atoms with Crippen molar-refractivity contribution < 1.29 is 9.16 Å². The molecule has 4 bridgehead atoms. The van der Waals surface area contributed by atoms with E-state index in [-0.39, 0.29) is 6.10 Å². The van der Waals surface area contributed by atoms with Crippen LogP contribution in [-0.2, 0) is 9.16 Å². The predicted octanol–water partition coefficient (Wildman–Crippen LogP) is 6.52. The van der Waals surface area contributed by atoms with Gasteiger partial charge in [-0.2, -0.15) is 0 Å². The number of thiocarbonyl (C=S) groups is 1. The van der Waals surface area contributed by atoms with Crippen LogP contribution in [0.2, 0.25) is 18.1 Å².